The Kier molecular flexibility index (Phi) is 3.32. The molecule has 0 radical (unpaired) electrons. The fourth-order valence-corrected chi connectivity index (χ4v) is 3.70. The van der Waals surface area contributed by atoms with Gasteiger partial charge in [0.2, 0.25) is 5.91 Å². The Bertz CT molecular complexity index is 316. The molecule has 2 heterocycles. The van der Waals surface area contributed by atoms with E-state index in [-0.39, 0.29) is 5.91 Å². The van der Waals surface area contributed by atoms with Crippen LogP contribution in [0.5, 0.6) is 0 Å². The first-order valence-corrected chi connectivity index (χ1v) is 7.38. The minimum absolute atomic E-state index is 0.127. The first-order chi connectivity index (χ1) is 8.63. The molecule has 0 aromatic carbocycles. The summed E-state index contributed by atoms with van der Waals surface area (Å²) in [5.41, 5.74) is -0.594. The number of carbonyl (C=O) groups excluding carboxylic acids is 1. The lowest BCUT2D eigenvalue weighted by Crippen LogP contribution is -2.48. The van der Waals surface area contributed by atoms with Gasteiger partial charge in [-0.25, -0.2) is 0 Å². The zero-order chi connectivity index (χ0) is 12.6. The lowest BCUT2D eigenvalue weighted by Gasteiger charge is -2.36. The largest absolute Gasteiger partial charge is 0.388 e. The second-order valence-corrected chi connectivity index (χ2v) is 6.53. The average Bonchev–Trinajstić information content (AvgIpc) is 2.64. The normalized spacial score (nSPS) is 37.1. The number of aliphatic hydroxyl groups is 1. The molecule has 4 heteroatoms. The number of hydrogen-bond acceptors (Lipinski definition) is 3. The summed E-state index contributed by atoms with van der Waals surface area (Å²) in [6.07, 6.45) is 8.26. The summed E-state index contributed by atoms with van der Waals surface area (Å²) in [5.74, 6) is 0.668. The number of rotatable bonds is 4. The Morgan fingerprint density at radius 3 is 2.50 bits per heavy atom. The van der Waals surface area contributed by atoms with Gasteiger partial charge < -0.3 is 15.7 Å². The van der Waals surface area contributed by atoms with E-state index in [2.05, 4.69) is 10.6 Å². The maximum Gasteiger partial charge on any atom is 0.220 e. The molecule has 1 saturated carbocycles. The number of amides is 1. The Labute approximate surface area is 109 Å². The van der Waals surface area contributed by atoms with Crippen LogP contribution in [0.4, 0.5) is 0 Å². The molecule has 2 saturated heterocycles. The van der Waals surface area contributed by atoms with Crippen LogP contribution in [-0.4, -0.2) is 35.2 Å². The number of hydrogen-bond donors (Lipinski definition) is 3. The summed E-state index contributed by atoms with van der Waals surface area (Å²) in [6.45, 7) is 0.448. The standard InChI is InChI=1S/C14H24N2O2/c17-13(15-9-14(18)4-1-5-14)8-10-6-11-2-3-12(7-10)16-11/h10-12,16,18H,1-9H2,(H,15,17). The van der Waals surface area contributed by atoms with Gasteiger partial charge >= 0.3 is 0 Å². The molecule has 0 spiro atoms. The van der Waals surface area contributed by atoms with Gasteiger partial charge in [0.15, 0.2) is 0 Å². The van der Waals surface area contributed by atoms with E-state index >= 15 is 0 Å². The van der Waals surface area contributed by atoms with Crippen LogP contribution < -0.4 is 10.6 Å². The molecule has 102 valence electrons. The van der Waals surface area contributed by atoms with Crippen LogP contribution in [0.3, 0.4) is 0 Å². The molecular formula is C14H24N2O2. The molecule has 2 aliphatic heterocycles. The summed E-state index contributed by atoms with van der Waals surface area (Å²) in [6, 6.07) is 1.30. The van der Waals surface area contributed by atoms with Crippen molar-refractivity contribution in [2.75, 3.05) is 6.54 Å². The fraction of sp³-hybridized carbons (Fsp3) is 0.929. The van der Waals surface area contributed by atoms with Crippen LogP contribution in [-0.2, 0) is 4.79 Å². The maximum atomic E-state index is 11.9. The van der Waals surface area contributed by atoms with Crippen molar-refractivity contribution < 1.29 is 9.90 Å². The van der Waals surface area contributed by atoms with Gasteiger partial charge in [0.25, 0.3) is 0 Å². The highest BCUT2D eigenvalue weighted by Crippen LogP contribution is 2.33. The first-order valence-electron chi connectivity index (χ1n) is 7.38. The minimum Gasteiger partial charge on any atom is -0.388 e. The van der Waals surface area contributed by atoms with E-state index in [9.17, 15) is 9.90 Å². The summed E-state index contributed by atoms with van der Waals surface area (Å²) < 4.78 is 0. The lowest BCUT2D eigenvalue weighted by atomic mass is 9.80. The van der Waals surface area contributed by atoms with Gasteiger partial charge in [-0.1, -0.05) is 0 Å². The van der Waals surface area contributed by atoms with Gasteiger partial charge in [-0.3, -0.25) is 4.79 Å². The number of carbonyl (C=O) groups is 1. The monoisotopic (exact) mass is 252 g/mol. The highest BCUT2D eigenvalue weighted by molar-refractivity contribution is 5.76. The highest BCUT2D eigenvalue weighted by atomic mass is 16.3. The summed E-state index contributed by atoms with van der Waals surface area (Å²) in [4.78, 5) is 11.9. The van der Waals surface area contributed by atoms with Gasteiger partial charge in [0.05, 0.1) is 5.60 Å². The van der Waals surface area contributed by atoms with Crippen LogP contribution in [0.15, 0.2) is 0 Å². The van der Waals surface area contributed by atoms with Gasteiger partial charge in [-0.15, -0.1) is 0 Å². The second kappa shape index (κ2) is 4.82. The molecular weight excluding hydrogens is 228 g/mol. The predicted molar refractivity (Wildman–Crippen MR) is 69.1 cm³/mol. The van der Waals surface area contributed by atoms with E-state index in [1.54, 1.807) is 0 Å². The highest BCUT2D eigenvalue weighted by Gasteiger charge is 2.36. The van der Waals surface area contributed by atoms with E-state index in [1.807, 2.05) is 0 Å². The first kappa shape index (κ1) is 12.4. The Morgan fingerprint density at radius 1 is 1.28 bits per heavy atom. The van der Waals surface area contributed by atoms with Crippen molar-refractivity contribution >= 4 is 5.91 Å². The van der Waals surface area contributed by atoms with Gasteiger partial charge in [-0.2, -0.15) is 0 Å². The number of nitrogens with one attached hydrogen (secondary N) is 2. The molecule has 1 amide bonds. The smallest absolute Gasteiger partial charge is 0.220 e. The van der Waals surface area contributed by atoms with Crippen molar-refractivity contribution in [2.24, 2.45) is 5.92 Å². The molecule has 0 aromatic rings. The number of fused-ring (bicyclic) bond motifs is 2. The van der Waals surface area contributed by atoms with Crippen molar-refractivity contribution in [1.82, 2.24) is 10.6 Å². The molecule has 2 unspecified atom stereocenters. The molecule has 3 N–H and O–H groups in total. The van der Waals surface area contributed by atoms with Crippen molar-refractivity contribution in [3.63, 3.8) is 0 Å². The van der Waals surface area contributed by atoms with Crippen LogP contribution in [0.25, 0.3) is 0 Å². The molecule has 3 rings (SSSR count). The quantitative estimate of drug-likeness (QED) is 0.698. The van der Waals surface area contributed by atoms with Gasteiger partial charge in [0.1, 0.15) is 0 Å². The molecule has 2 atom stereocenters. The van der Waals surface area contributed by atoms with Crippen molar-refractivity contribution in [2.45, 2.75) is 69.1 Å². The van der Waals surface area contributed by atoms with Crippen molar-refractivity contribution in [3.8, 4) is 0 Å². The van der Waals surface area contributed by atoms with Gasteiger partial charge in [0, 0.05) is 25.0 Å². The lowest BCUT2D eigenvalue weighted by molar-refractivity contribution is -0.124. The third kappa shape index (κ3) is 2.69. The average molecular weight is 252 g/mol. The molecule has 3 aliphatic rings. The SMILES string of the molecule is O=C(CC1CC2CCC(C1)N2)NCC1(O)CCC1. The van der Waals surface area contributed by atoms with E-state index in [0.717, 1.165) is 32.1 Å². The zero-order valence-electron chi connectivity index (χ0n) is 11.0. The molecule has 4 nitrogen and oxygen atoms in total. The van der Waals surface area contributed by atoms with E-state index in [0.29, 0.717) is 31.0 Å². The van der Waals surface area contributed by atoms with E-state index < -0.39 is 5.60 Å². The van der Waals surface area contributed by atoms with Crippen LogP contribution in [0.2, 0.25) is 0 Å². The van der Waals surface area contributed by atoms with E-state index in [1.165, 1.54) is 12.8 Å². The fourth-order valence-electron chi connectivity index (χ4n) is 3.70. The van der Waals surface area contributed by atoms with E-state index in [4.69, 9.17) is 0 Å². The zero-order valence-corrected chi connectivity index (χ0v) is 11.0. The minimum atomic E-state index is -0.594. The molecule has 2 bridgehead atoms. The van der Waals surface area contributed by atoms with Crippen molar-refractivity contribution in [1.29, 1.82) is 0 Å². The topological polar surface area (TPSA) is 61.4 Å². The second-order valence-electron chi connectivity index (χ2n) is 6.53. The summed E-state index contributed by atoms with van der Waals surface area (Å²) in [5, 5.41) is 16.4. The predicted octanol–water partition coefficient (Wildman–Crippen LogP) is 0.938. The third-order valence-electron chi connectivity index (χ3n) is 4.94. The van der Waals surface area contributed by atoms with Crippen LogP contribution >= 0.6 is 0 Å². The Morgan fingerprint density at radius 2 is 1.94 bits per heavy atom. The summed E-state index contributed by atoms with van der Waals surface area (Å²) >= 11 is 0. The maximum absolute atomic E-state index is 11.9. The van der Waals surface area contributed by atoms with Crippen molar-refractivity contribution in [3.05, 3.63) is 0 Å². The van der Waals surface area contributed by atoms with Gasteiger partial charge in [-0.05, 0) is 50.9 Å². The Hall–Kier alpha value is -0.610. The number of piperidine rings is 1. The summed E-state index contributed by atoms with van der Waals surface area (Å²) in [7, 11) is 0. The molecule has 0 aromatic heterocycles. The molecule has 18 heavy (non-hydrogen) atoms. The molecule has 3 fully saturated rings. The van der Waals surface area contributed by atoms with Crippen LogP contribution in [0, 0.1) is 5.92 Å². The third-order valence-corrected chi connectivity index (χ3v) is 4.94. The Balaban J connectivity index is 1.41. The van der Waals surface area contributed by atoms with Crippen LogP contribution in [0.1, 0.15) is 51.4 Å². The molecule has 1 aliphatic carbocycles.